The highest BCUT2D eigenvalue weighted by Gasteiger charge is 2.39. The number of para-hydroxylation sites is 1. The van der Waals surface area contributed by atoms with Gasteiger partial charge in [-0.1, -0.05) is 31.4 Å². The van der Waals surface area contributed by atoms with Gasteiger partial charge in [-0.05, 0) is 30.4 Å². The van der Waals surface area contributed by atoms with E-state index in [-0.39, 0.29) is 6.04 Å². The van der Waals surface area contributed by atoms with Crippen LogP contribution in [0.15, 0.2) is 18.2 Å². The number of hydrogen-bond donors (Lipinski definition) is 2. The van der Waals surface area contributed by atoms with Gasteiger partial charge in [-0.25, -0.2) is 0 Å². The molecule has 0 bridgehead atoms. The van der Waals surface area contributed by atoms with E-state index in [1.807, 2.05) is 6.07 Å². The Morgan fingerprint density at radius 3 is 2.83 bits per heavy atom. The summed E-state index contributed by atoms with van der Waals surface area (Å²) in [6, 6.07) is 6.30. The SMILES string of the molecule is CN1c2c(O)cccc2C(N)C2CCCCCC21. The van der Waals surface area contributed by atoms with Crippen LogP contribution in [0.4, 0.5) is 5.69 Å². The quantitative estimate of drug-likeness (QED) is 0.740. The summed E-state index contributed by atoms with van der Waals surface area (Å²) in [4.78, 5) is 2.27. The molecular weight excluding hydrogens is 224 g/mol. The third kappa shape index (κ3) is 1.69. The molecule has 0 radical (unpaired) electrons. The van der Waals surface area contributed by atoms with E-state index in [0.29, 0.717) is 17.7 Å². The molecule has 18 heavy (non-hydrogen) atoms. The Labute approximate surface area is 109 Å². The number of rotatable bonds is 0. The van der Waals surface area contributed by atoms with Crippen molar-refractivity contribution in [1.29, 1.82) is 0 Å². The number of nitrogens with zero attached hydrogens (tertiary/aromatic N) is 1. The summed E-state index contributed by atoms with van der Waals surface area (Å²) in [6.45, 7) is 0. The maximum atomic E-state index is 10.1. The van der Waals surface area contributed by atoms with Crippen molar-refractivity contribution in [2.75, 3.05) is 11.9 Å². The lowest BCUT2D eigenvalue weighted by Gasteiger charge is -2.44. The van der Waals surface area contributed by atoms with Crippen LogP contribution in [0.5, 0.6) is 5.75 Å². The largest absolute Gasteiger partial charge is 0.506 e. The molecule has 1 aliphatic heterocycles. The van der Waals surface area contributed by atoms with Crippen molar-refractivity contribution >= 4 is 5.69 Å². The first-order valence-electron chi connectivity index (χ1n) is 7.00. The molecule has 98 valence electrons. The number of nitrogens with two attached hydrogens (primary N) is 1. The van der Waals surface area contributed by atoms with Gasteiger partial charge >= 0.3 is 0 Å². The third-order valence-electron chi connectivity index (χ3n) is 4.75. The van der Waals surface area contributed by atoms with E-state index in [0.717, 1.165) is 11.3 Å². The minimum absolute atomic E-state index is 0.0754. The molecule has 3 atom stereocenters. The molecule has 1 aliphatic carbocycles. The van der Waals surface area contributed by atoms with Crippen molar-refractivity contribution < 1.29 is 5.11 Å². The molecule has 1 saturated carbocycles. The van der Waals surface area contributed by atoms with Crippen LogP contribution in [0.1, 0.15) is 43.7 Å². The van der Waals surface area contributed by atoms with Gasteiger partial charge in [-0.2, -0.15) is 0 Å². The van der Waals surface area contributed by atoms with E-state index in [1.165, 1.54) is 32.1 Å². The Hall–Kier alpha value is -1.22. The molecule has 0 saturated heterocycles. The number of benzene rings is 1. The van der Waals surface area contributed by atoms with Gasteiger partial charge in [0.05, 0.1) is 5.69 Å². The van der Waals surface area contributed by atoms with Crippen LogP contribution in [-0.2, 0) is 0 Å². The lowest BCUT2D eigenvalue weighted by molar-refractivity contribution is 0.307. The molecule has 1 aromatic rings. The Kier molecular flexibility index (Phi) is 2.94. The highest BCUT2D eigenvalue weighted by atomic mass is 16.3. The molecule has 3 N–H and O–H groups in total. The number of anilines is 1. The van der Waals surface area contributed by atoms with Crippen LogP contribution >= 0.6 is 0 Å². The summed E-state index contributed by atoms with van der Waals surface area (Å²) in [6.07, 6.45) is 6.29. The molecule has 3 unspecified atom stereocenters. The van der Waals surface area contributed by atoms with E-state index in [4.69, 9.17) is 5.73 Å². The standard InChI is InChI=1S/C15H22N2O/c1-17-12-8-4-2-3-6-10(12)14(16)11-7-5-9-13(18)15(11)17/h5,7,9-10,12,14,18H,2-4,6,8,16H2,1H3. The number of fused-ring (bicyclic) bond motifs is 2. The van der Waals surface area contributed by atoms with E-state index in [1.54, 1.807) is 6.07 Å². The Balaban J connectivity index is 2.07. The second-order valence-corrected chi connectivity index (χ2v) is 5.72. The van der Waals surface area contributed by atoms with Gasteiger partial charge in [0.1, 0.15) is 5.75 Å². The third-order valence-corrected chi connectivity index (χ3v) is 4.75. The van der Waals surface area contributed by atoms with Crippen molar-refractivity contribution in [3.63, 3.8) is 0 Å². The van der Waals surface area contributed by atoms with E-state index in [2.05, 4.69) is 18.0 Å². The topological polar surface area (TPSA) is 49.5 Å². The minimum Gasteiger partial charge on any atom is -0.506 e. The zero-order chi connectivity index (χ0) is 12.7. The summed E-state index contributed by atoms with van der Waals surface area (Å²) in [5, 5.41) is 10.1. The Morgan fingerprint density at radius 2 is 2.00 bits per heavy atom. The number of hydrogen-bond acceptors (Lipinski definition) is 3. The van der Waals surface area contributed by atoms with E-state index < -0.39 is 0 Å². The fraction of sp³-hybridized carbons (Fsp3) is 0.600. The summed E-state index contributed by atoms with van der Waals surface area (Å²) in [7, 11) is 2.10. The average molecular weight is 246 g/mol. The van der Waals surface area contributed by atoms with Crippen LogP contribution < -0.4 is 10.6 Å². The molecule has 1 fully saturated rings. The molecule has 3 rings (SSSR count). The van der Waals surface area contributed by atoms with Gasteiger partial charge in [0.2, 0.25) is 0 Å². The van der Waals surface area contributed by atoms with Crippen LogP contribution in [0.2, 0.25) is 0 Å². The predicted octanol–water partition coefficient (Wildman–Crippen LogP) is 2.79. The van der Waals surface area contributed by atoms with Crippen molar-refractivity contribution in [2.45, 2.75) is 44.2 Å². The Bertz CT molecular complexity index is 446. The number of phenolic OH excluding ortho intramolecular Hbond substituents is 1. The van der Waals surface area contributed by atoms with Gasteiger partial charge in [-0.15, -0.1) is 0 Å². The van der Waals surface area contributed by atoms with E-state index in [9.17, 15) is 5.11 Å². The Morgan fingerprint density at radius 1 is 1.22 bits per heavy atom. The van der Waals surface area contributed by atoms with Crippen molar-refractivity contribution in [1.82, 2.24) is 0 Å². The predicted molar refractivity (Wildman–Crippen MR) is 73.8 cm³/mol. The first-order valence-corrected chi connectivity index (χ1v) is 7.00. The maximum absolute atomic E-state index is 10.1. The summed E-state index contributed by atoms with van der Waals surface area (Å²) in [5.41, 5.74) is 8.53. The van der Waals surface area contributed by atoms with Gasteiger partial charge in [0.15, 0.2) is 0 Å². The zero-order valence-electron chi connectivity index (χ0n) is 11.0. The first kappa shape index (κ1) is 11.8. The molecule has 2 aliphatic rings. The lowest BCUT2D eigenvalue weighted by atomic mass is 9.79. The molecule has 0 amide bonds. The smallest absolute Gasteiger partial charge is 0.139 e. The number of aromatic hydroxyl groups is 1. The molecule has 3 heteroatoms. The highest BCUT2D eigenvalue weighted by Crippen LogP contribution is 2.47. The molecule has 1 aromatic carbocycles. The van der Waals surface area contributed by atoms with Gasteiger partial charge in [-0.3, -0.25) is 0 Å². The summed E-state index contributed by atoms with van der Waals surface area (Å²) in [5.74, 6) is 0.903. The summed E-state index contributed by atoms with van der Waals surface area (Å²) >= 11 is 0. The van der Waals surface area contributed by atoms with Gasteiger partial charge in [0.25, 0.3) is 0 Å². The zero-order valence-corrected chi connectivity index (χ0v) is 11.0. The lowest BCUT2D eigenvalue weighted by Crippen LogP contribution is -2.46. The molecule has 0 aromatic heterocycles. The van der Waals surface area contributed by atoms with Gasteiger partial charge < -0.3 is 15.7 Å². The van der Waals surface area contributed by atoms with Crippen LogP contribution in [-0.4, -0.2) is 18.2 Å². The second-order valence-electron chi connectivity index (χ2n) is 5.72. The van der Waals surface area contributed by atoms with Crippen molar-refractivity contribution in [3.8, 4) is 5.75 Å². The molecule has 0 spiro atoms. The molecule has 1 heterocycles. The fourth-order valence-corrected chi connectivity index (χ4v) is 3.81. The van der Waals surface area contributed by atoms with Crippen LogP contribution in [0.3, 0.4) is 0 Å². The van der Waals surface area contributed by atoms with Crippen molar-refractivity contribution in [2.24, 2.45) is 11.7 Å². The summed E-state index contributed by atoms with van der Waals surface area (Å²) < 4.78 is 0. The molecule has 3 nitrogen and oxygen atoms in total. The second kappa shape index (κ2) is 4.47. The maximum Gasteiger partial charge on any atom is 0.139 e. The van der Waals surface area contributed by atoms with Crippen LogP contribution in [0.25, 0.3) is 0 Å². The normalized spacial score (nSPS) is 31.4. The monoisotopic (exact) mass is 246 g/mol. The van der Waals surface area contributed by atoms with Crippen molar-refractivity contribution in [3.05, 3.63) is 23.8 Å². The minimum atomic E-state index is 0.0754. The molecular formula is C15H22N2O. The highest BCUT2D eigenvalue weighted by molar-refractivity contribution is 5.66. The van der Waals surface area contributed by atoms with Crippen LogP contribution in [0, 0.1) is 5.92 Å². The average Bonchev–Trinajstić information content (AvgIpc) is 2.61. The van der Waals surface area contributed by atoms with E-state index >= 15 is 0 Å². The number of phenols is 1. The first-order chi connectivity index (χ1) is 8.70. The van der Waals surface area contributed by atoms with Gasteiger partial charge in [0, 0.05) is 19.1 Å². The fourth-order valence-electron chi connectivity index (χ4n) is 3.81.